The smallest absolute Gasteiger partial charge is 0.324 e. The summed E-state index contributed by atoms with van der Waals surface area (Å²) < 4.78 is 23.0. The Balaban J connectivity index is 2.55. The van der Waals surface area contributed by atoms with Crippen molar-refractivity contribution in [3.05, 3.63) is 11.1 Å². The van der Waals surface area contributed by atoms with Crippen molar-refractivity contribution in [2.45, 2.75) is 18.4 Å². The van der Waals surface area contributed by atoms with E-state index in [9.17, 15) is 28.7 Å². The third-order valence-electron chi connectivity index (χ3n) is 2.87. The zero-order valence-electron chi connectivity index (χ0n) is 9.29. The molecule has 0 unspecified atom stereocenters. The number of nitrogens with zero attached hydrogens (tertiary/aromatic N) is 2. The molecule has 0 aromatic heterocycles. The molecule has 2 rings (SSSR count). The van der Waals surface area contributed by atoms with E-state index in [2.05, 4.69) is 4.99 Å². The molecule has 0 atom stereocenters. The molecule has 18 heavy (non-hydrogen) atoms. The second-order valence-electron chi connectivity index (χ2n) is 4.04. The fourth-order valence-electron chi connectivity index (χ4n) is 1.84. The van der Waals surface area contributed by atoms with Gasteiger partial charge < -0.3 is 24.5 Å². The fourth-order valence-corrected chi connectivity index (χ4v) is 5.54. The molecule has 2 aliphatic heterocycles. The van der Waals surface area contributed by atoms with Crippen molar-refractivity contribution in [3.8, 4) is 0 Å². The van der Waals surface area contributed by atoms with Gasteiger partial charge in [-0.25, -0.2) is 4.99 Å². The lowest BCUT2D eigenvalue weighted by Crippen LogP contribution is -2.40. The second kappa shape index (κ2) is 4.18. The van der Waals surface area contributed by atoms with Gasteiger partial charge in [0.2, 0.25) is 0 Å². The number of amidine groups is 1. The largest absolute Gasteiger partial charge is 0.365 e. The summed E-state index contributed by atoms with van der Waals surface area (Å²) in [4.78, 5) is 42.5. The lowest BCUT2D eigenvalue weighted by molar-refractivity contribution is 0.289. The molecule has 102 valence electrons. The summed E-state index contributed by atoms with van der Waals surface area (Å²) >= 11 is 1.10. The number of rotatable bonds is 2. The second-order valence-corrected chi connectivity index (χ2v) is 8.88. The Morgan fingerprint density at radius 3 is 2.39 bits per heavy atom. The maximum atomic E-state index is 11.5. The van der Waals surface area contributed by atoms with Gasteiger partial charge in [0.25, 0.3) is 5.02 Å². The van der Waals surface area contributed by atoms with E-state index < -0.39 is 26.6 Å². The third-order valence-corrected chi connectivity index (χ3v) is 7.93. The average Bonchev–Trinajstić information content (AvgIpc) is 2.56. The molecule has 0 fully saturated rings. The number of thioether (sulfide) groups is 1. The van der Waals surface area contributed by atoms with E-state index in [1.807, 2.05) is 0 Å². The zero-order chi connectivity index (χ0) is 13.8. The highest BCUT2D eigenvalue weighted by Crippen LogP contribution is 2.72. The predicted molar refractivity (Wildman–Crippen MR) is 66.9 cm³/mol. The van der Waals surface area contributed by atoms with Crippen LogP contribution in [0.15, 0.2) is 16.1 Å². The molecule has 0 radical (unpaired) electrons. The standard InChI is InChI=1S/C7H12N2O6P2S/c1-5-4-18-6-8-7(16(10,11)12,17(13,14)15)2-3-9(5)6/h4H,2-3H2,1H3,(H2,10,11,12)(H2,13,14,15). The number of aliphatic imine (C=N–C) groups is 1. The minimum Gasteiger partial charge on any atom is -0.324 e. The fraction of sp³-hybridized carbons (Fsp3) is 0.571. The van der Waals surface area contributed by atoms with Crippen LogP contribution in [0, 0.1) is 0 Å². The molecule has 2 aliphatic rings. The minimum atomic E-state index is -5.08. The van der Waals surface area contributed by atoms with Crippen molar-refractivity contribution in [1.29, 1.82) is 0 Å². The molecule has 0 bridgehead atoms. The molecule has 0 saturated heterocycles. The maximum absolute atomic E-state index is 11.5. The predicted octanol–water partition coefficient (Wildman–Crippen LogP) is 0.665. The maximum Gasteiger partial charge on any atom is 0.365 e. The van der Waals surface area contributed by atoms with Crippen LogP contribution in [0.3, 0.4) is 0 Å². The molecule has 2 heterocycles. The van der Waals surface area contributed by atoms with Gasteiger partial charge in [0, 0.05) is 18.7 Å². The molecule has 0 aromatic rings. The minimum absolute atomic E-state index is 0.115. The molecule has 0 amide bonds. The summed E-state index contributed by atoms with van der Waals surface area (Å²) in [6, 6.07) is 0. The highest BCUT2D eigenvalue weighted by atomic mass is 32.2. The van der Waals surface area contributed by atoms with Gasteiger partial charge in [-0.3, -0.25) is 9.13 Å². The molecule has 0 aromatic carbocycles. The van der Waals surface area contributed by atoms with Crippen molar-refractivity contribution in [2.75, 3.05) is 6.54 Å². The van der Waals surface area contributed by atoms with Crippen molar-refractivity contribution >= 4 is 32.1 Å². The molecular weight excluding hydrogens is 302 g/mol. The van der Waals surface area contributed by atoms with Gasteiger partial charge in [-0.1, -0.05) is 11.8 Å². The van der Waals surface area contributed by atoms with E-state index >= 15 is 0 Å². The Morgan fingerprint density at radius 1 is 1.33 bits per heavy atom. The summed E-state index contributed by atoms with van der Waals surface area (Å²) in [6.07, 6.45) is -0.392. The van der Waals surface area contributed by atoms with E-state index in [1.54, 1.807) is 17.2 Å². The van der Waals surface area contributed by atoms with E-state index in [4.69, 9.17) is 0 Å². The van der Waals surface area contributed by atoms with Crippen LogP contribution in [0.4, 0.5) is 0 Å². The molecule has 0 aliphatic carbocycles. The zero-order valence-corrected chi connectivity index (χ0v) is 11.9. The van der Waals surface area contributed by atoms with Crippen LogP contribution in [0.1, 0.15) is 13.3 Å². The summed E-state index contributed by atoms with van der Waals surface area (Å²) in [7, 11) is -10.2. The lowest BCUT2D eigenvalue weighted by atomic mass is 10.3. The van der Waals surface area contributed by atoms with Gasteiger partial charge in [0.15, 0.2) is 5.17 Å². The average molecular weight is 314 g/mol. The quantitative estimate of drug-likeness (QED) is 0.547. The first kappa shape index (κ1) is 14.3. The molecule has 0 spiro atoms. The third kappa shape index (κ3) is 2.00. The summed E-state index contributed by atoms with van der Waals surface area (Å²) in [6.45, 7) is 1.90. The Morgan fingerprint density at radius 2 is 1.89 bits per heavy atom. The van der Waals surface area contributed by atoms with Gasteiger partial charge in [-0.05, 0) is 12.3 Å². The van der Waals surface area contributed by atoms with Crippen LogP contribution in [0.5, 0.6) is 0 Å². The van der Waals surface area contributed by atoms with E-state index in [1.165, 1.54) is 0 Å². The van der Waals surface area contributed by atoms with Crippen molar-refractivity contribution < 1.29 is 28.7 Å². The summed E-state index contributed by atoms with van der Waals surface area (Å²) in [5.74, 6) is 0. The Labute approximate surface area is 107 Å². The van der Waals surface area contributed by atoms with Gasteiger partial charge in [-0.15, -0.1) is 0 Å². The van der Waals surface area contributed by atoms with Gasteiger partial charge >= 0.3 is 15.2 Å². The Kier molecular flexibility index (Phi) is 3.31. The van der Waals surface area contributed by atoms with Gasteiger partial charge in [0.05, 0.1) is 0 Å². The van der Waals surface area contributed by atoms with Crippen molar-refractivity contribution in [2.24, 2.45) is 4.99 Å². The number of fused-ring (bicyclic) bond motifs is 1. The summed E-state index contributed by atoms with van der Waals surface area (Å²) in [5, 5.41) is -0.712. The highest BCUT2D eigenvalue weighted by Gasteiger charge is 2.62. The highest BCUT2D eigenvalue weighted by molar-refractivity contribution is 8.16. The Bertz CT molecular complexity index is 512. The van der Waals surface area contributed by atoms with Crippen LogP contribution in [-0.2, 0) is 9.13 Å². The number of hydrogen-bond donors (Lipinski definition) is 4. The van der Waals surface area contributed by atoms with Crippen molar-refractivity contribution in [3.63, 3.8) is 0 Å². The normalized spacial score (nSPS) is 23.5. The first-order valence-corrected chi connectivity index (χ1v) is 9.01. The monoisotopic (exact) mass is 314 g/mol. The van der Waals surface area contributed by atoms with Crippen LogP contribution >= 0.6 is 27.0 Å². The van der Waals surface area contributed by atoms with Crippen molar-refractivity contribution in [1.82, 2.24) is 4.90 Å². The molecule has 8 nitrogen and oxygen atoms in total. The van der Waals surface area contributed by atoms with Gasteiger partial charge in [-0.2, -0.15) is 0 Å². The summed E-state index contributed by atoms with van der Waals surface area (Å²) in [5.41, 5.74) is 0.837. The molecular formula is C7H12N2O6P2S. The van der Waals surface area contributed by atoms with Crippen LogP contribution in [-0.4, -0.2) is 41.2 Å². The number of allylic oxidation sites excluding steroid dienone is 1. The molecule has 4 N–H and O–H groups in total. The SMILES string of the molecule is CC1=CSC2=NC(P(=O)(O)O)(P(=O)(O)O)CCN12. The van der Waals surface area contributed by atoms with E-state index in [-0.39, 0.29) is 11.7 Å². The number of hydrogen-bond acceptors (Lipinski definition) is 5. The Hall–Kier alpha value is -0.140. The molecule has 11 heteroatoms. The van der Waals surface area contributed by atoms with Gasteiger partial charge in [0.1, 0.15) is 0 Å². The van der Waals surface area contributed by atoms with Crippen LogP contribution < -0.4 is 0 Å². The van der Waals surface area contributed by atoms with E-state index in [0.717, 1.165) is 17.5 Å². The van der Waals surface area contributed by atoms with E-state index in [0.29, 0.717) is 0 Å². The van der Waals surface area contributed by atoms with Crippen LogP contribution in [0.25, 0.3) is 0 Å². The lowest BCUT2D eigenvalue weighted by Gasteiger charge is -2.37. The topological polar surface area (TPSA) is 131 Å². The molecule has 0 saturated carbocycles. The first-order valence-electron chi connectivity index (χ1n) is 4.91. The van der Waals surface area contributed by atoms with Crippen LogP contribution in [0.2, 0.25) is 0 Å². The first-order chi connectivity index (χ1) is 8.08.